The fourth-order valence-electron chi connectivity index (χ4n) is 5.37. The maximum Gasteiger partial charge on any atom is 0.254 e. The van der Waals surface area contributed by atoms with E-state index in [4.69, 9.17) is 4.42 Å². The SMILES string of the molecule is Cc1ccc(-n2c(SCCCC(=O)N3CCN(C(=O)c4ccc5ccccc5c4)C(C)C3)nnc2-c2ccco2)cc1. The number of amides is 2. The van der Waals surface area contributed by atoms with E-state index in [1.807, 2.05) is 88.0 Å². The Morgan fingerprint density at radius 2 is 1.76 bits per heavy atom. The molecule has 1 aliphatic heterocycles. The summed E-state index contributed by atoms with van der Waals surface area (Å²) in [6, 6.07) is 25.8. The van der Waals surface area contributed by atoms with Gasteiger partial charge in [-0.15, -0.1) is 10.2 Å². The molecule has 6 rings (SSSR count). The van der Waals surface area contributed by atoms with Gasteiger partial charge >= 0.3 is 0 Å². The number of carbonyl (C=O) groups excluding carboxylic acids is 2. The van der Waals surface area contributed by atoms with E-state index in [0.717, 1.165) is 27.4 Å². The minimum absolute atomic E-state index is 0.0170. The molecule has 0 bridgehead atoms. The van der Waals surface area contributed by atoms with Crippen molar-refractivity contribution in [3.05, 3.63) is 96.3 Å². The molecule has 214 valence electrons. The molecule has 0 radical (unpaired) electrons. The number of hydrogen-bond acceptors (Lipinski definition) is 6. The number of fused-ring (bicyclic) bond motifs is 1. The van der Waals surface area contributed by atoms with E-state index < -0.39 is 0 Å². The summed E-state index contributed by atoms with van der Waals surface area (Å²) in [6.45, 7) is 5.69. The van der Waals surface area contributed by atoms with Gasteiger partial charge in [0.2, 0.25) is 11.7 Å². The summed E-state index contributed by atoms with van der Waals surface area (Å²) in [4.78, 5) is 30.2. The monoisotopic (exact) mass is 579 g/mol. The zero-order chi connectivity index (χ0) is 29.1. The lowest BCUT2D eigenvalue weighted by Gasteiger charge is -2.40. The number of piperazine rings is 1. The lowest BCUT2D eigenvalue weighted by atomic mass is 10.0. The van der Waals surface area contributed by atoms with Crippen molar-refractivity contribution in [2.24, 2.45) is 0 Å². The van der Waals surface area contributed by atoms with Crippen LogP contribution >= 0.6 is 11.8 Å². The highest BCUT2D eigenvalue weighted by atomic mass is 32.2. The first kappa shape index (κ1) is 27.8. The Balaban J connectivity index is 1.04. The standard InChI is InChI=1S/C33H33N5O3S/c1-23-11-15-28(16-12-23)38-31(29-9-5-19-41-29)34-35-33(38)42-20-6-10-30(39)36-17-18-37(24(2)22-36)32(40)27-14-13-25-7-3-4-8-26(25)21-27/h3-5,7-9,11-16,19,21,24H,6,10,17-18,20,22H2,1-2H3. The second kappa shape index (κ2) is 12.2. The molecule has 2 amide bonds. The van der Waals surface area contributed by atoms with E-state index in [1.165, 1.54) is 5.56 Å². The third-order valence-corrected chi connectivity index (χ3v) is 8.69. The number of benzene rings is 3. The van der Waals surface area contributed by atoms with E-state index in [9.17, 15) is 9.59 Å². The Morgan fingerprint density at radius 3 is 2.52 bits per heavy atom. The first-order valence-electron chi connectivity index (χ1n) is 14.2. The van der Waals surface area contributed by atoms with Crippen LogP contribution in [0.15, 0.2) is 94.7 Å². The zero-order valence-corrected chi connectivity index (χ0v) is 24.6. The van der Waals surface area contributed by atoms with Crippen molar-refractivity contribution in [1.82, 2.24) is 24.6 Å². The van der Waals surface area contributed by atoms with Gasteiger partial charge in [-0.25, -0.2) is 0 Å². The average Bonchev–Trinajstić information content (AvgIpc) is 3.69. The van der Waals surface area contributed by atoms with Crippen LogP contribution in [-0.4, -0.2) is 67.8 Å². The Bertz CT molecular complexity index is 1700. The summed E-state index contributed by atoms with van der Waals surface area (Å²) in [6.07, 6.45) is 2.79. The molecule has 1 saturated heterocycles. The molecule has 0 aliphatic carbocycles. The second-order valence-electron chi connectivity index (χ2n) is 10.7. The molecule has 1 aliphatic rings. The summed E-state index contributed by atoms with van der Waals surface area (Å²) in [5, 5.41) is 11.8. The van der Waals surface area contributed by atoms with E-state index in [1.54, 1.807) is 18.0 Å². The van der Waals surface area contributed by atoms with Gasteiger partial charge in [0, 0.05) is 49.1 Å². The number of carbonyl (C=O) groups is 2. The van der Waals surface area contributed by atoms with Crippen molar-refractivity contribution in [2.45, 2.75) is 37.9 Å². The molecule has 0 saturated carbocycles. The number of rotatable bonds is 8. The third kappa shape index (κ3) is 5.83. The topological polar surface area (TPSA) is 84.5 Å². The molecular formula is C33H33N5O3S. The summed E-state index contributed by atoms with van der Waals surface area (Å²) >= 11 is 1.58. The second-order valence-corrected chi connectivity index (χ2v) is 11.7. The fourth-order valence-corrected chi connectivity index (χ4v) is 6.27. The van der Waals surface area contributed by atoms with Crippen molar-refractivity contribution in [2.75, 3.05) is 25.4 Å². The van der Waals surface area contributed by atoms with Crippen molar-refractivity contribution in [3.8, 4) is 17.3 Å². The van der Waals surface area contributed by atoms with Crippen LogP contribution in [0.4, 0.5) is 0 Å². The predicted molar refractivity (Wildman–Crippen MR) is 165 cm³/mol. The van der Waals surface area contributed by atoms with Crippen molar-refractivity contribution >= 4 is 34.3 Å². The molecule has 3 aromatic carbocycles. The zero-order valence-electron chi connectivity index (χ0n) is 23.8. The molecule has 1 fully saturated rings. The molecular weight excluding hydrogens is 546 g/mol. The smallest absolute Gasteiger partial charge is 0.254 e. The highest BCUT2D eigenvalue weighted by molar-refractivity contribution is 7.99. The van der Waals surface area contributed by atoms with Gasteiger partial charge < -0.3 is 14.2 Å². The number of thioether (sulfide) groups is 1. The van der Waals surface area contributed by atoms with E-state index in [0.29, 0.717) is 49.6 Å². The number of nitrogens with zero attached hydrogens (tertiary/aromatic N) is 5. The molecule has 8 nitrogen and oxygen atoms in total. The number of hydrogen-bond donors (Lipinski definition) is 0. The van der Waals surface area contributed by atoms with Crippen molar-refractivity contribution in [3.63, 3.8) is 0 Å². The summed E-state index contributed by atoms with van der Waals surface area (Å²) in [5.41, 5.74) is 2.82. The Hall–Kier alpha value is -4.37. The van der Waals surface area contributed by atoms with Gasteiger partial charge in [0.05, 0.1) is 6.26 Å². The van der Waals surface area contributed by atoms with Gasteiger partial charge in [0.15, 0.2) is 10.9 Å². The minimum atomic E-state index is -0.0517. The fraction of sp³-hybridized carbons (Fsp3) is 0.273. The van der Waals surface area contributed by atoms with Crippen LogP contribution in [0.2, 0.25) is 0 Å². The largest absolute Gasteiger partial charge is 0.461 e. The average molecular weight is 580 g/mol. The maximum absolute atomic E-state index is 13.3. The van der Waals surface area contributed by atoms with Crippen LogP contribution in [0.3, 0.4) is 0 Å². The molecule has 5 aromatic rings. The van der Waals surface area contributed by atoms with Gasteiger partial charge in [-0.1, -0.05) is 59.8 Å². The van der Waals surface area contributed by atoms with E-state index in [-0.39, 0.29) is 17.9 Å². The van der Waals surface area contributed by atoms with Crippen molar-refractivity contribution < 1.29 is 14.0 Å². The molecule has 1 unspecified atom stereocenters. The quantitative estimate of drug-likeness (QED) is 0.160. The van der Waals surface area contributed by atoms with Crippen LogP contribution in [-0.2, 0) is 4.79 Å². The number of aryl methyl sites for hydroxylation is 1. The normalized spacial score (nSPS) is 15.3. The summed E-state index contributed by atoms with van der Waals surface area (Å²) < 4.78 is 7.61. The van der Waals surface area contributed by atoms with Gasteiger partial charge in [-0.2, -0.15) is 0 Å². The molecule has 2 aromatic heterocycles. The van der Waals surface area contributed by atoms with Gasteiger partial charge in [0.1, 0.15) is 0 Å². The lowest BCUT2D eigenvalue weighted by molar-refractivity contribution is -0.133. The van der Waals surface area contributed by atoms with Gasteiger partial charge in [-0.3, -0.25) is 14.2 Å². The molecule has 42 heavy (non-hydrogen) atoms. The highest BCUT2D eigenvalue weighted by Gasteiger charge is 2.30. The maximum atomic E-state index is 13.3. The third-order valence-electron chi connectivity index (χ3n) is 7.67. The molecule has 9 heteroatoms. The summed E-state index contributed by atoms with van der Waals surface area (Å²) in [5.74, 6) is 2.16. The van der Waals surface area contributed by atoms with Crippen LogP contribution in [0.25, 0.3) is 28.0 Å². The van der Waals surface area contributed by atoms with E-state index in [2.05, 4.69) is 29.3 Å². The molecule has 1 atom stereocenters. The summed E-state index contributed by atoms with van der Waals surface area (Å²) in [7, 11) is 0. The lowest BCUT2D eigenvalue weighted by Crippen LogP contribution is -2.55. The van der Waals surface area contributed by atoms with Crippen LogP contribution < -0.4 is 0 Å². The number of furan rings is 1. The first-order chi connectivity index (χ1) is 20.5. The first-order valence-corrected chi connectivity index (χ1v) is 15.2. The van der Waals surface area contributed by atoms with E-state index >= 15 is 0 Å². The van der Waals surface area contributed by atoms with Gasteiger partial charge in [-0.05, 0) is 67.4 Å². The molecule has 0 N–H and O–H groups in total. The van der Waals surface area contributed by atoms with Crippen LogP contribution in [0, 0.1) is 6.92 Å². The van der Waals surface area contributed by atoms with Gasteiger partial charge in [0.25, 0.3) is 5.91 Å². The molecule has 0 spiro atoms. The van der Waals surface area contributed by atoms with Crippen LogP contribution in [0.5, 0.6) is 0 Å². The predicted octanol–water partition coefficient (Wildman–Crippen LogP) is 6.23. The van der Waals surface area contributed by atoms with Crippen molar-refractivity contribution in [1.29, 1.82) is 0 Å². The molecule has 3 heterocycles. The minimum Gasteiger partial charge on any atom is -0.461 e. The highest BCUT2D eigenvalue weighted by Crippen LogP contribution is 2.29. The Labute approximate surface area is 249 Å². The Kier molecular flexibility index (Phi) is 8.10. The Morgan fingerprint density at radius 1 is 0.952 bits per heavy atom. The van der Waals surface area contributed by atoms with Crippen LogP contribution in [0.1, 0.15) is 35.7 Å². The number of aromatic nitrogens is 3.